The van der Waals surface area contributed by atoms with E-state index >= 15 is 0 Å². The van der Waals surface area contributed by atoms with E-state index in [1.807, 2.05) is 0 Å². The molecule has 0 fully saturated rings. The van der Waals surface area contributed by atoms with Crippen molar-refractivity contribution in [3.63, 3.8) is 0 Å². The van der Waals surface area contributed by atoms with E-state index < -0.39 is 17.6 Å². The Hall–Kier alpha value is -2.56. The van der Waals surface area contributed by atoms with Crippen LogP contribution in [0.1, 0.15) is 15.9 Å². The van der Waals surface area contributed by atoms with Gasteiger partial charge in [-0.05, 0) is 29.8 Å². The van der Waals surface area contributed by atoms with Crippen LogP contribution in [0.3, 0.4) is 0 Å². The van der Waals surface area contributed by atoms with Crippen LogP contribution in [0.2, 0.25) is 0 Å². The van der Waals surface area contributed by atoms with Crippen LogP contribution in [0, 0.1) is 11.6 Å². The zero-order chi connectivity index (χ0) is 13.8. The second-order valence-electron chi connectivity index (χ2n) is 3.76. The first-order valence-corrected chi connectivity index (χ1v) is 5.39. The van der Waals surface area contributed by atoms with Crippen LogP contribution in [0.4, 0.5) is 14.5 Å². The van der Waals surface area contributed by atoms with Crippen molar-refractivity contribution in [2.24, 2.45) is 4.99 Å². The molecule has 0 atom stereocenters. The van der Waals surface area contributed by atoms with Crippen LogP contribution >= 0.6 is 0 Å². The van der Waals surface area contributed by atoms with Crippen molar-refractivity contribution >= 4 is 17.9 Å². The maximum absolute atomic E-state index is 13.3. The molecule has 2 rings (SSSR count). The molecule has 3 nitrogen and oxygen atoms in total. The van der Waals surface area contributed by atoms with Gasteiger partial charge in [0, 0.05) is 6.21 Å². The van der Waals surface area contributed by atoms with Crippen molar-refractivity contribution in [3.05, 3.63) is 65.2 Å². The van der Waals surface area contributed by atoms with E-state index in [2.05, 4.69) is 4.99 Å². The SMILES string of the molecule is O=C(O)c1ccc(C=Nc2c(F)cccc2F)cc1. The highest BCUT2D eigenvalue weighted by Crippen LogP contribution is 2.21. The fraction of sp³-hybridized carbons (Fsp3) is 0. The van der Waals surface area contributed by atoms with Gasteiger partial charge in [-0.15, -0.1) is 0 Å². The summed E-state index contributed by atoms with van der Waals surface area (Å²) in [5, 5.41) is 8.72. The van der Waals surface area contributed by atoms with E-state index in [1.165, 1.54) is 36.5 Å². The van der Waals surface area contributed by atoms with Gasteiger partial charge in [-0.25, -0.2) is 13.6 Å². The minimum atomic E-state index is -1.04. The summed E-state index contributed by atoms with van der Waals surface area (Å²) in [5.41, 5.74) is 0.312. The second-order valence-corrected chi connectivity index (χ2v) is 3.76. The van der Waals surface area contributed by atoms with Crippen molar-refractivity contribution < 1.29 is 18.7 Å². The minimum Gasteiger partial charge on any atom is -0.478 e. The van der Waals surface area contributed by atoms with Gasteiger partial charge in [0.25, 0.3) is 0 Å². The van der Waals surface area contributed by atoms with Crippen molar-refractivity contribution in [2.75, 3.05) is 0 Å². The smallest absolute Gasteiger partial charge is 0.335 e. The Balaban J connectivity index is 2.25. The second kappa shape index (κ2) is 5.39. The summed E-state index contributed by atoms with van der Waals surface area (Å²) >= 11 is 0. The predicted octanol–water partition coefficient (Wildman–Crippen LogP) is 3.41. The lowest BCUT2D eigenvalue weighted by atomic mass is 10.1. The van der Waals surface area contributed by atoms with Crippen LogP contribution in [0.25, 0.3) is 0 Å². The molecule has 0 spiro atoms. The number of para-hydroxylation sites is 1. The van der Waals surface area contributed by atoms with E-state index in [0.717, 1.165) is 12.1 Å². The van der Waals surface area contributed by atoms with Gasteiger partial charge in [0.15, 0.2) is 11.6 Å². The maximum Gasteiger partial charge on any atom is 0.335 e. The van der Waals surface area contributed by atoms with E-state index in [1.54, 1.807) is 0 Å². The zero-order valence-electron chi connectivity index (χ0n) is 9.68. The lowest BCUT2D eigenvalue weighted by Crippen LogP contribution is -1.95. The average Bonchev–Trinajstić information content (AvgIpc) is 2.38. The van der Waals surface area contributed by atoms with Crippen LogP contribution in [0.5, 0.6) is 0 Å². The number of carboxylic acids is 1. The molecule has 0 saturated heterocycles. The number of aliphatic imine (C=N–C) groups is 1. The Morgan fingerprint density at radius 2 is 1.63 bits per heavy atom. The van der Waals surface area contributed by atoms with Gasteiger partial charge in [0.05, 0.1) is 5.56 Å². The summed E-state index contributed by atoms with van der Waals surface area (Å²) in [7, 11) is 0. The van der Waals surface area contributed by atoms with E-state index in [9.17, 15) is 13.6 Å². The summed E-state index contributed by atoms with van der Waals surface area (Å²) in [4.78, 5) is 14.4. The standard InChI is InChI=1S/C14H9F2NO2/c15-11-2-1-3-12(16)13(11)17-8-9-4-6-10(7-5-9)14(18)19/h1-8H,(H,18,19). The van der Waals surface area contributed by atoms with Crippen molar-refractivity contribution in [1.29, 1.82) is 0 Å². The number of hydrogen-bond donors (Lipinski definition) is 1. The van der Waals surface area contributed by atoms with Gasteiger partial charge < -0.3 is 5.11 Å². The highest BCUT2D eigenvalue weighted by molar-refractivity contribution is 5.89. The first-order valence-electron chi connectivity index (χ1n) is 5.39. The number of nitrogens with zero attached hydrogens (tertiary/aromatic N) is 1. The quantitative estimate of drug-likeness (QED) is 0.861. The van der Waals surface area contributed by atoms with E-state index in [-0.39, 0.29) is 11.3 Å². The first-order chi connectivity index (χ1) is 9.08. The average molecular weight is 261 g/mol. The highest BCUT2D eigenvalue weighted by Gasteiger charge is 2.06. The van der Waals surface area contributed by atoms with E-state index in [4.69, 9.17) is 5.11 Å². The lowest BCUT2D eigenvalue weighted by molar-refractivity contribution is 0.0697. The van der Waals surface area contributed by atoms with Crippen molar-refractivity contribution in [2.45, 2.75) is 0 Å². The highest BCUT2D eigenvalue weighted by atomic mass is 19.1. The Morgan fingerprint density at radius 3 is 2.16 bits per heavy atom. The number of carboxylic acid groups (broad SMARTS) is 1. The van der Waals surface area contributed by atoms with Crippen LogP contribution in [-0.4, -0.2) is 17.3 Å². The number of halogens is 2. The Bertz CT molecular complexity index is 616. The molecule has 96 valence electrons. The van der Waals surface area contributed by atoms with Gasteiger partial charge in [0.2, 0.25) is 0 Å². The molecule has 0 aliphatic heterocycles. The summed E-state index contributed by atoms with van der Waals surface area (Å²) in [6.45, 7) is 0. The normalized spacial score (nSPS) is 10.8. The molecule has 19 heavy (non-hydrogen) atoms. The maximum atomic E-state index is 13.3. The third kappa shape index (κ3) is 3.01. The molecule has 0 bridgehead atoms. The minimum absolute atomic E-state index is 0.134. The lowest BCUT2D eigenvalue weighted by Gasteiger charge is -1.98. The molecule has 0 aliphatic carbocycles. The van der Waals surface area contributed by atoms with Gasteiger partial charge in [0.1, 0.15) is 5.69 Å². The molecule has 2 aromatic carbocycles. The van der Waals surface area contributed by atoms with Gasteiger partial charge in [-0.1, -0.05) is 18.2 Å². The summed E-state index contributed by atoms with van der Waals surface area (Å²) in [6.07, 6.45) is 1.27. The molecule has 1 N–H and O–H groups in total. The van der Waals surface area contributed by atoms with Crippen LogP contribution < -0.4 is 0 Å². The number of carbonyl (C=O) groups is 1. The molecule has 0 unspecified atom stereocenters. The Morgan fingerprint density at radius 1 is 1.05 bits per heavy atom. The topological polar surface area (TPSA) is 49.7 Å². The summed E-state index contributed by atoms with van der Waals surface area (Å²) in [6, 6.07) is 9.28. The fourth-order valence-corrected chi connectivity index (χ4v) is 1.46. The molecule has 0 aliphatic rings. The molecule has 0 saturated carbocycles. The number of benzene rings is 2. The molecule has 0 aromatic heterocycles. The van der Waals surface area contributed by atoms with E-state index in [0.29, 0.717) is 5.56 Å². The molecule has 0 amide bonds. The van der Waals surface area contributed by atoms with Gasteiger partial charge in [-0.3, -0.25) is 4.99 Å². The molecule has 5 heteroatoms. The fourth-order valence-electron chi connectivity index (χ4n) is 1.46. The van der Waals surface area contributed by atoms with Crippen molar-refractivity contribution in [3.8, 4) is 0 Å². The van der Waals surface area contributed by atoms with Gasteiger partial charge in [-0.2, -0.15) is 0 Å². The Kier molecular flexibility index (Phi) is 3.66. The third-order valence-corrected chi connectivity index (χ3v) is 2.44. The Labute approximate surface area is 107 Å². The summed E-state index contributed by atoms with van der Waals surface area (Å²) < 4.78 is 26.6. The largest absolute Gasteiger partial charge is 0.478 e. The third-order valence-electron chi connectivity index (χ3n) is 2.44. The molecular weight excluding hydrogens is 252 g/mol. The number of aromatic carboxylic acids is 1. The zero-order valence-corrected chi connectivity index (χ0v) is 9.68. The molecule has 2 aromatic rings. The van der Waals surface area contributed by atoms with Crippen LogP contribution in [0.15, 0.2) is 47.5 Å². The van der Waals surface area contributed by atoms with Gasteiger partial charge >= 0.3 is 5.97 Å². The first kappa shape index (κ1) is 12.9. The summed E-state index contributed by atoms with van der Waals surface area (Å²) in [5.74, 6) is -2.54. The number of hydrogen-bond acceptors (Lipinski definition) is 2. The van der Waals surface area contributed by atoms with Crippen LogP contribution in [-0.2, 0) is 0 Å². The van der Waals surface area contributed by atoms with Crippen molar-refractivity contribution in [1.82, 2.24) is 0 Å². The molecule has 0 heterocycles. The predicted molar refractivity (Wildman–Crippen MR) is 67.0 cm³/mol. The number of rotatable bonds is 3. The monoisotopic (exact) mass is 261 g/mol. The molecule has 0 radical (unpaired) electrons. The molecular formula is C14H9F2NO2.